The number of amides is 1. The fraction of sp³-hybridized carbons (Fsp3) is 0.182. The van der Waals surface area contributed by atoms with Crippen molar-refractivity contribution >= 4 is 45.1 Å². The summed E-state index contributed by atoms with van der Waals surface area (Å²) in [6.45, 7) is 0. The number of benzene rings is 2. The molecule has 0 spiro atoms. The Bertz CT molecular complexity index is 1070. The van der Waals surface area contributed by atoms with Gasteiger partial charge in [0.1, 0.15) is 17.0 Å². The van der Waals surface area contributed by atoms with E-state index in [0.717, 1.165) is 34.6 Å². The Morgan fingerprint density at radius 3 is 2.83 bits per heavy atom. The van der Waals surface area contributed by atoms with Crippen molar-refractivity contribution in [3.63, 3.8) is 0 Å². The lowest BCUT2D eigenvalue weighted by Crippen LogP contribution is -2.11. The van der Waals surface area contributed by atoms with Crippen LogP contribution in [0.1, 0.15) is 12.8 Å². The Morgan fingerprint density at radius 2 is 2.03 bits per heavy atom. The summed E-state index contributed by atoms with van der Waals surface area (Å²) >= 11 is 3.13. The van der Waals surface area contributed by atoms with Crippen LogP contribution in [0.25, 0.3) is 22.4 Å². The van der Waals surface area contributed by atoms with E-state index in [1.807, 2.05) is 60.0 Å². The van der Waals surface area contributed by atoms with Crippen LogP contribution in [0.15, 0.2) is 69.3 Å². The van der Waals surface area contributed by atoms with E-state index in [0.29, 0.717) is 17.3 Å². The lowest BCUT2D eigenvalue weighted by atomic mass is 10.2. The van der Waals surface area contributed by atoms with Crippen molar-refractivity contribution in [2.75, 3.05) is 18.2 Å². The van der Waals surface area contributed by atoms with Gasteiger partial charge in [-0.25, -0.2) is 4.98 Å². The number of fused-ring (bicyclic) bond motifs is 1. The van der Waals surface area contributed by atoms with Gasteiger partial charge in [-0.2, -0.15) is 0 Å². The van der Waals surface area contributed by atoms with Gasteiger partial charge in [-0.3, -0.25) is 4.79 Å². The highest BCUT2D eigenvalue weighted by Crippen LogP contribution is 2.30. The van der Waals surface area contributed by atoms with Gasteiger partial charge in [-0.1, -0.05) is 18.2 Å². The summed E-state index contributed by atoms with van der Waals surface area (Å²) in [7, 11) is 1.66. The maximum Gasteiger partial charge on any atom is 0.226 e. The molecule has 29 heavy (non-hydrogen) atoms. The third kappa shape index (κ3) is 4.99. The number of nitrogens with zero attached hydrogens (tertiary/aromatic N) is 1. The first-order valence-electron chi connectivity index (χ1n) is 9.22. The van der Waals surface area contributed by atoms with Gasteiger partial charge < -0.3 is 14.5 Å². The topological polar surface area (TPSA) is 64.4 Å². The molecule has 0 unspecified atom stereocenters. The molecule has 0 aliphatic heterocycles. The Hall–Kier alpha value is -2.77. The van der Waals surface area contributed by atoms with Crippen LogP contribution in [-0.2, 0) is 4.79 Å². The molecule has 0 aliphatic rings. The molecule has 0 atom stereocenters. The summed E-state index contributed by atoms with van der Waals surface area (Å²) in [6.07, 6.45) is 1.26. The van der Waals surface area contributed by atoms with Crippen molar-refractivity contribution < 1.29 is 13.9 Å². The quantitative estimate of drug-likeness (QED) is 0.274. The molecule has 0 bridgehead atoms. The van der Waals surface area contributed by atoms with E-state index >= 15 is 0 Å². The van der Waals surface area contributed by atoms with E-state index in [2.05, 4.69) is 10.3 Å². The van der Waals surface area contributed by atoms with Gasteiger partial charge >= 0.3 is 0 Å². The van der Waals surface area contributed by atoms with Crippen molar-refractivity contribution in [2.45, 2.75) is 17.7 Å². The highest BCUT2D eigenvalue weighted by atomic mass is 32.2. The van der Waals surface area contributed by atoms with Gasteiger partial charge in [0.05, 0.1) is 7.11 Å². The smallest absolute Gasteiger partial charge is 0.226 e. The lowest BCUT2D eigenvalue weighted by Gasteiger charge is -2.04. The van der Waals surface area contributed by atoms with E-state index in [-0.39, 0.29) is 5.91 Å². The molecule has 4 aromatic rings. The van der Waals surface area contributed by atoms with Crippen molar-refractivity contribution in [3.05, 3.63) is 60.0 Å². The zero-order chi connectivity index (χ0) is 20.1. The second-order valence-electron chi connectivity index (χ2n) is 6.36. The van der Waals surface area contributed by atoms with Crippen LogP contribution in [0.4, 0.5) is 5.13 Å². The summed E-state index contributed by atoms with van der Waals surface area (Å²) in [5.41, 5.74) is 1.56. The van der Waals surface area contributed by atoms with Gasteiger partial charge in [0, 0.05) is 22.1 Å². The summed E-state index contributed by atoms with van der Waals surface area (Å²) in [5, 5.41) is 6.40. The number of carbonyl (C=O) groups excluding carboxylic acids is 1. The van der Waals surface area contributed by atoms with E-state index in [9.17, 15) is 4.79 Å². The SMILES string of the molecule is COc1ccc(SCCCC(=O)Nc2nc(-c3cc4ccccc4o3)cs2)cc1. The molecule has 148 valence electrons. The summed E-state index contributed by atoms with van der Waals surface area (Å²) < 4.78 is 11.0. The number of methoxy groups -OCH3 is 1. The average Bonchev–Trinajstić information content (AvgIpc) is 3.38. The third-order valence-corrected chi connectivity index (χ3v) is 6.16. The molecule has 0 radical (unpaired) electrons. The molecule has 4 rings (SSSR count). The molecule has 7 heteroatoms. The van der Waals surface area contributed by atoms with Crippen LogP contribution in [0.5, 0.6) is 5.75 Å². The van der Waals surface area contributed by atoms with Crippen molar-refractivity contribution in [1.82, 2.24) is 4.98 Å². The molecule has 2 aromatic carbocycles. The Labute approximate surface area is 177 Å². The van der Waals surface area contributed by atoms with E-state index in [1.54, 1.807) is 18.9 Å². The first-order chi connectivity index (χ1) is 14.2. The highest BCUT2D eigenvalue weighted by Gasteiger charge is 2.11. The Morgan fingerprint density at radius 1 is 1.21 bits per heavy atom. The fourth-order valence-electron chi connectivity index (χ4n) is 2.83. The number of nitrogens with one attached hydrogen (secondary N) is 1. The van der Waals surface area contributed by atoms with E-state index in [1.165, 1.54) is 16.2 Å². The molecule has 0 saturated carbocycles. The van der Waals surface area contributed by atoms with Crippen molar-refractivity contribution in [1.29, 1.82) is 0 Å². The van der Waals surface area contributed by atoms with Gasteiger partial charge in [-0.05, 0) is 48.6 Å². The number of aromatic nitrogens is 1. The third-order valence-electron chi connectivity index (χ3n) is 4.30. The molecular weight excluding hydrogens is 404 g/mol. The normalized spacial score (nSPS) is 10.9. The summed E-state index contributed by atoms with van der Waals surface area (Å²) in [5.74, 6) is 2.41. The summed E-state index contributed by atoms with van der Waals surface area (Å²) in [4.78, 5) is 17.9. The minimum Gasteiger partial charge on any atom is -0.497 e. The molecule has 1 amide bonds. The Kier molecular flexibility index (Phi) is 6.17. The number of ether oxygens (including phenoxy) is 1. The number of thioether (sulfide) groups is 1. The number of para-hydroxylation sites is 1. The number of carbonyl (C=O) groups is 1. The highest BCUT2D eigenvalue weighted by molar-refractivity contribution is 7.99. The number of anilines is 1. The van der Waals surface area contributed by atoms with Crippen LogP contribution in [0.3, 0.4) is 0 Å². The van der Waals surface area contributed by atoms with Crippen molar-refractivity contribution in [3.8, 4) is 17.2 Å². The lowest BCUT2D eigenvalue weighted by molar-refractivity contribution is -0.116. The first-order valence-corrected chi connectivity index (χ1v) is 11.1. The molecule has 5 nitrogen and oxygen atoms in total. The van der Waals surface area contributed by atoms with Crippen LogP contribution >= 0.6 is 23.1 Å². The minimum atomic E-state index is -0.0224. The van der Waals surface area contributed by atoms with Crippen LogP contribution in [-0.4, -0.2) is 23.8 Å². The molecule has 0 fully saturated rings. The van der Waals surface area contributed by atoms with E-state index < -0.39 is 0 Å². The maximum absolute atomic E-state index is 12.2. The van der Waals surface area contributed by atoms with Gasteiger partial charge in [0.25, 0.3) is 0 Å². The number of hydrogen-bond acceptors (Lipinski definition) is 6. The predicted octanol–water partition coefficient (Wildman–Crippen LogP) is 6.08. The summed E-state index contributed by atoms with van der Waals surface area (Å²) in [6, 6.07) is 17.7. The molecular formula is C22H20N2O3S2. The van der Waals surface area contributed by atoms with Gasteiger partial charge in [-0.15, -0.1) is 23.1 Å². The van der Waals surface area contributed by atoms with E-state index in [4.69, 9.17) is 9.15 Å². The maximum atomic E-state index is 12.2. The zero-order valence-corrected chi connectivity index (χ0v) is 17.5. The number of thiazole rings is 1. The monoisotopic (exact) mass is 424 g/mol. The molecule has 2 aromatic heterocycles. The fourth-order valence-corrected chi connectivity index (χ4v) is 4.40. The predicted molar refractivity (Wildman–Crippen MR) is 119 cm³/mol. The van der Waals surface area contributed by atoms with Gasteiger partial charge in [0.15, 0.2) is 10.9 Å². The average molecular weight is 425 g/mol. The van der Waals surface area contributed by atoms with Gasteiger partial charge in [0.2, 0.25) is 5.91 Å². The Balaban J connectivity index is 1.25. The standard InChI is InChI=1S/C22H20N2O3S2/c1-26-16-8-10-17(11-9-16)28-12-4-7-21(25)24-22-23-18(14-29-22)20-13-15-5-2-3-6-19(15)27-20/h2-3,5-6,8-11,13-14H,4,7,12H2,1H3,(H,23,24,25). The number of rotatable bonds is 8. The van der Waals surface area contributed by atoms with Crippen LogP contribution < -0.4 is 10.1 Å². The minimum absolute atomic E-state index is 0.0224. The van der Waals surface area contributed by atoms with Crippen LogP contribution in [0.2, 0.25) is 0 Å². The molecule has 0 saturated heterocycles. The first kappa shape index (κ1) is 19.5. The molecule has 1 N–H and O–H groups in total. The van der Waals surface area contributed by atoms with Crippen LogP contribution in [0, 0.1) is 0 Å². The van der Waals surface area contributed by atoms with Crippen molar-refractivity contribution in [2.24, 2.45) is 0 Å². The molecule has 0 aliphatic carbocycles. The number of furan rings is 1. The zero-order valence-electron chi connectivity index (χ0n) is 15.9. The number of hydrogen-bond donors (Lipinski definition) is 1. The second kappa shape index (κ2) is 9.15. The largest absolute Gasteiger partial charge is 0.497 e. The second-order valence-corrected chi connectivity index (χ2v) is 8.39. The molecule has 2 heterocycles.